The molecule has 0 fully saturated rings. The van der Waals surface area contributed by atoms with E-state index in [0.717, 1.165) is 12.1 Å². The maximum absolute atomic E-state index is 15.0. The Hall–Kier alpha value is -4.00. The van der Waals surface area contributed by atoms with Gasteiger partial charge in [-0.3, -0.25) is 9.71 Å². The van der Waals surface area contributed by atoms with Crippen LogP contribution in [-0.4, -0.2) is 28.4 Å². The van der Waals surface area contributed by atoms with Gasteiger partial charge in [0, 0.05) is 40.5 Å². The number of thiazole rings is 1. The van der Waals surface area contributed by atoms with Crippen molar-refractivity contribution in [2.75, 3.05) is 4.72 Å². The van der Waals surface area contributed by atoms with Gasteiger partial charge >= 0.3 is 0 Å². The minimum Gasteiger partial charge on any atom is -0.453 e. The smallest absolute Gasteiger partial charge is 0.266 e. The van der Waals surface area contributed by atoms with Crippen LogP contribution in [0.2, 0.25) is 5.02 Å². The van der Waals surface area contributed by atoms with Crippen LogP contribution in [0.4, 0.5) is 14.6 Å². The molecule has 1 N–H and O–H groups in total. The van der Waals surface area contributed by atoms with Crippen molar-refractivity contribution in [1.29, 1.82) is 0 Å². The van der Waals surface area contributed by atoms with Gasteiger partial charge in [-0.2, -0.15) is 0 Å². The second-order valence-corrected chi connectivity index (χ2v) is 10.3. The summed E-state index contributed by atoms with van der Waals surface area (Å²) in [5.41, 5.74) is 3.41. The fourth-order valence-electron chi connectivity index (χ4n) is 3.36. The highest BCUT2D eigenvalue weighted by Gasteiger charge is 2.23. The number of nitrogens with one attached hydrogen (secondary N) is 1. The molecule has 5 rings (SSSR count). The summed E-state index contributed by atoms with van der Waals surface area (Å²) in [6.45, 7) is 0. The molecule has 37 heavy (non-hydrogen) atoms. The summed E-state index contributed by atoms with van der Waals surface area (Å²) >= 11 is 7.47. The van der Waals surface area contributed by atoms with Gasteiger partial charge in [-0.15, -0.1) is 11.3 Å². The minimum absolute atomic E-state index is 0.0556. The Kier molecular flexibility index (Phi) is 6.78. The molecule has 0 saturated carbocycles. The van der Waals surface area contributed by atoms with E-state index in [1.807, 2.05) is 0 Å². The van der Waals surface area contributed by atoms with Gasteiger partial charge in [0.2, 0.25) is 0 Å². The molecule has 0 unspecified atom stereocenters. The van der Waals surface area contributed by atoms with Crippen molar-refractivity contribution in [3.63, 3.8) is 0 Å². The Labute approximate surface area is 218 Å². The molecule has 0 aliphatic carbocycles. The summed E-state index contributed by atoms with van der Waals surface area (Å²) in [5, 5.41) is 1.30. The molecule has 3 aromatic heterocycles. The molecule has 2 aromatic carbocycles. The van der Waals surface area contributed by atoms with Crippen molar-refractivity contribution < 1.29 is 21.9 Å². The van der Waals surface area contributed by atoms with E-state index < -0.39 is 26.6 Å². The van der Waals surface area contributed by atoms with Crippen LogP contribution in [-0.2, 0) is 10.0 Å². The molecule has 13 heteroatoms. The summed E-state index contributed by atoms with van der Waals surface area (Å²) in [6, 6.07) is 9.36. The lowest BCUT2D eigenvalue weighted by Gasteiger charge is -2.15. The molecule has 0 aliphatic rings. The third-order valence-corrected chi connectivity index (χ3v) is 7.28. The van der Waals surface area contributed by atoms with E-state index in [1.165, 1.54) is 59.3 Å². The molecule has 0 radical (unpaired) electrons. The molecule has 0 amide bonds. The number of hydrogen-bond acceptors (Lipinski definition) is 8. The van der Waals surface area contributed by atoms with Gasteiger partial charge in [0.15, 0.2) is 11.6 Å². The molecule has 186 valence electrons. The molecule has 3 heterocycles. The second kappa shape index (κ2) is 10.2. The number of rotatable bonds is 7. The van der Waals surface area contributed by atoms with Crippen LogP contribution in [0, 0.1) is 11.6 Å². The highest BCUT2D eigenvalue weighted by atomic mass is 35.5. The summed E-state index contributed by atoms with van der Waals surface area (Å²) in [5.74, 6) is -1.44. The molecule has 0 saturated heterocycles. The summed E-state index contributed by atoms with van der Waals surface area (Å²) in [7, 11) is -4.30. The van der Waals surface area contributed by atoms with Gasteiger partial charge in [-0.25, -0.2) is 32.2 Å². The van der Waals surface area contributed by atoms with Crippen LogP contribution in [0.1, 0.15) is 0 Å². The Bertz CT molecular complexity index is 1690. The molecule has 0 bridgehead atoms. The quantitative estimate of drug-likeness (QED) is 0.254. The van der Waals surface area contributed by atoms with Gasteiger partial charge in [-0.1, -0.05) is 23.7 Å². The highest BCUT2D eigenvalue weighted by molar-refractivity contribution is 7.92. The lowest BCUT2D eigenvalue weighted by molar-refractivity contribution is 0.473. The first-order chi connectivity index (χ1) is 17.8. The Balaban J connectivity index is 1.53. The predicted octanol–water partition coefficient (Wildman–Crippen LogP) is 6.19. The van der Waals surface area contributed by atoms with Crippen LogP contribution >= 0.6 is 22.9 Å². The Morgan fingerprint density at radius 2 is 1.76 bits per heavy atom. The first-order valence-corrected chi connectivity index (χ1v) is 13.2. The average Bonchev–Trinajstić information content (AvgIpc) is 3.39. The van der Waals surface area contributed by atoms with Crippen LogP contribution in [0.5, 0.6) is 11.5 Å². The van der Waals surface area contributed by atoms with Crippen molar-refractivity contribution in [3.8, 4) is 33.9 Å². The van der Waals surface area contributed by atoms with Gasteiger partial charge in [-0.05, 0) is 24.3 Å². The SMILES string of the molecule is O=S(=O)(Nc1cscn1)c1cc(Cl)c(Oc2cnc(-c3cccc(F)c3)cc2-c2cncnc2)cc1F. The minimum atomic E-state index is -4.30. The number of halogens is 3. The van der Waals surface area contributed by atoms with Gasteiger partial charge in [0.05, 0.1) is 22.4 Å². The zero-order chi connectivity index (χ0) is 26.0. The van der Waals surface area contributed by atoms with E-state index >= 15 is 0 Å². The normalized spacial score (nSPS) is 11.3. The van der Waals surface area contributed by atoms with E-state index in [2.05, 4.69) is 24.7 Å². The summed E-state index contributed by atoms with van der Waals surface area (Å²) in [4.78, 5) is 15.5. The van der Waals surface area contributed by atoms with Crippen LogP contribution in [0.25, 0.3) is 22.4 Å². The predicted molar refractivity (Wildman–Crippen MR) is 135 cm³/mol. The van der Waals surface area contributed by atoms with Crippen LogP contribution in [0.15, 0.2) is 83.2 Å². The van der Waals surface area contributed by atoms with Crippen molar-refractivity contribution in [3.05, 3.63) is 94.9 Å². The third kappa shape index (κ3) is 5.40. The van der Waals surface area contributed by atoms with Gasteiger partial charge in [0.25, 0.3) is 10.0 Å². The van der Waals surface area contributed by atoms with Crippen molar-refractivity contribution in [2.45, 2.75) is 4.90 Å². The Morgan fingerprint density at radius 1 is 0.946 bits per heavy atom. The fraction of sp³-hybridized carbons (Fsp3) is 0. The van der Waals surface area contributed by atoms with Crippen molar-refractivity contribution >= 4 is 38.8 Å². The first kappa shape index (κ1) is 24.7. The number of anilines is 1. The Morgan fingerprint density at radius 3 is 2.49 bits per heavy atom. The molecule has 0 atom stereocenters. The third-order valence-electron chi connectivity index (χ3n) is 5.03. The molecular weight excluding hydrogens is 544 g/mol. The largest absolute Gasteiger partial charge is 0.453 e. The number of aromatic nitrogens is 4. The first-order valence-electron chi connectivity index (χ1n) is 10.4. The molecule has 0 spiro atoms. The monoisotopic (exact) mass is 557 g/mol. The summed E-state index contributed by atoms with van der Waals surface area (Å²) < 4.78 is 62.1. The lowest BCUT2D eigenvalue weighted by Crippen LogP contribution is -2.15. The van der Waals surface area contributed by atoms with E-state index in [4.69, 9.17) is 16.3 Å². The van der Waals surface area contributed by atoms with Crippen LogP contribution < -0.4 is 9.46 Å². The standard InChI is InChI=1S/C24H14ClF2N5O3S2/c25-18-6-23(37(33,34)32-24-11-36-13-31-24)19(27)7-21(18)35-22-10-30-20(14-2-1-3-16(26)4-14)5-17(22)15-8-28-12-29-9-15/h1-13,32H. The van der Waals surface area contributed by atoms with E-state index in [1.54, 1.807) is 18.2 Å². The maximum Gasteiger partial charge on any atom is 0.266 e. The molecule has 8 nitrogen and oxygen atoms in total. The van der Waals surface area contributed by atoms with Crippen molar-refractivity contribution in [1.82, 2.24) is 19.9 Å². The zero-order valence-corrected chi connectivity index (χ0v) is 20.9. The van der Waals surface area contributed by atoms with Gasteiger partial charge in [0.1, 0.15) is 28.6 Å². The lowest BCUT2D eigenvalue weighted by atomic mass is 10.0. The number of nitrogens with zero attached hydrogens (tertiary/aromatic N) is 4. The van der Waals surface area contributed by atoms with E-state index in [-0.39, 0.29) is 22.3 Å². The molecule has 5 aromatic rings. The fourth-order valence-corrected chi connectivity index (χ4v) is 5.27. The number of benzene rings is 2. The summed E-state index contributed by atoms with van der Waals surface area (Å²) in [6.07, 6.45) is 5.79. The number of sulfonamides is 1. The average molecular weight is 558 g/mol. The van der Waals surface area contributed by atoms with E-state index in [0.29, 0.717) is 22.4 Å². The second-order valence-electron chi connectivity index (χ2n) is 7.50. The topological polar surface area (TPSA) is 107 Å². The number of hydrogen-bond donors (Lipinski definition) is 1. The number of ether oxygens (including phenoxy) is 1. The highest BCUT2D eigenvalue weighted by Crippen LogP contribution is 2.39. The van der Waals surface area contributed by atoms with Crippen molar-refractivity contribution in [2.24, 2.45) is 0 Å². The number of pyridine rings is 1. The molecular formula is C24H14ClF2N5O3S2. The maximum atomic E-state index is 15.0. The van der Waals surface area contributed by atoms with Crippen LogP contribution in [0.3, 0.4) is 0 Å². The molecule has 0 aliphatic heterocycles. The van der Waals surface area contributed by atoms with Gasteiger partial charge < -0.3 is 4.74 Å². The van der Waals surface area contributed by atoms with E-state index in [9.17, 15) is 17.2 Å². The zero-order valence-electron chi connectivity index (χ0n) is 18.5.